The van der Waals surface area contributed by atoms with Crippen LogP contribution >= 0.6 is 0 Å². The average molecular weight is 533 g/mol. The SMILES string of the molecule is C=C1CCC2C3(C)COC(=O)CCC(=O)OC3CCC2(C)C1/C=C/C1C(=O)OCC1OC(=O)CCC(=O)O. The summed E-state index contributed by atoms with van der Waals surface area (Å²) in [6.07, 6.45) is 4.72. The van der Waals surface area contributed by atoms with Crippen molar-refractivity contribution >= 4 is 29.8 Å². The standard InChI is InChI=1S/C28H36O10/c1-16-4-7-20-27(2,13-12-21-28(20,3)15-36-23(31)10-11-25(33)38-21)18(16)6-5-17-19(14-35-26(17)34)37-24(32)9-8-22(29)30/h5-6,17-21H,1,4,7-15H2,2-3H3,(H,29,30)/b6-5+. The Kier molecular flexibility index (Phi) is 7.99. The zero-order chi connectivity index (χ0) is 27.7. The van der Waals surface area contributed by atoms with Crippen molar-refractivity contribution < 1.29 is 48.0 Å². The minimum atomic E-state index is -1.11. The molecule has 0 radical (unpaired) electrons. The van der Waals surface area contributed by atoms with Gasteiger partial charge in [0.1, 0.15) is 25.2 Å². The van der Waals surface area contributed by atoms with Gasteiger partial charge in [0.15, 0.2) is 6.10 Å². The number of carbonyl (C=O) groups excluding carboxylic acids is 4. The van der Waals surface area contributed by atoms with Gasteiger partial charge in [-0.1, -0.05) is 38.2 Å². The normalized spacial score (nSPS) is 37.6. The summed E-state index contributed by atoms with van der Waals surface area (Å²) in [5.41, 5.74) is 0.129. The number of carboxylic acids is 1. The van der Waals surface area contributed by atoms with Crippen molar-refractivity contribution in [1.29, 1.82) is 0 Å². The molecular weight excluding hydrogens is 496 g/mol. The summed E-state index contributed by atoms with van der Waals surface area (Å²) in [6, 6.07) is 0. The van der Waals surface area contributed by atoms with E-state index in [1.807, 2.05) is 13.0 Å². The molecule has 1 N–H and O–H groups in total. The van der Waals surface area contributed by atoms with Crippen LogP contribution in [0.5, 0.6) is 0 Å². The second-order valence-electron chi connectivity index (χ2n) is 11.4. The number of carbonyl (C=O) groups is 5. The fraction of sp³-hybridized carbons (Fsp3) is 0.679. The topological polar surface area (TPSA) is 142 Å². The first-order valence-electron chi connectivity index (χ1n) is 13.2. The molecule has 4 aliphatic rings. The van der Waals surface area contributed by atoms with E-state index in [0.717, 1.165) is 24.8 Å². The van der Waals surface area contributed by atoms with Crippen molar-refractivity contribution in [3.8, 4) is 0 Å². The van der Waals surface area contributed by atoms with E-state index in [0.29, 0.717) is 6.42 Å². The summed E-state index contributed by atoms with van der Waals surface area (Å²) in [4.78, 5) is 59.9. The molecule has 4 fully saturated rings. The second-order valence-corrected chi connectivity index (χ2v) is 11.4. The molecule has 0 bridgehead atoms. The van der Waals surface area contributed by atoms with Crippen LogP contribution in [0.2, 0.25) is 0 Å². The minimum absolute atomic E-state index is 0.00523. The van der Waals surface area contributed by atoms with Crippen LogP contribution in [-0.4, -0.2) is 60.4 Å². The third kappa shape index (κ3) is 5.49. The van der Waals surface area contributed by atoms with Crippen LogP contribution in [0.25, 0.3) is 0 Å². The number of cyclic esters (lactones) is 2. The lowest BCUT2D eigenvalue weighted by Gasteiger charge is -2.59. The van der Waals surface area contributed by atoms with Gasteiger partial charge in [-0.3, -0.25) is 24.0 Å². The zero-order valence-electron chi connectivity index (χ0n) is 21.9. The van der Waals surface area contributed by atoms with Crippen LogP contribution in [0.4, 0.5) is 0 Å². The number of ether oxygens (including phenoxy) is 4. The minimum Gasteiger partial charge on any atom is -0.481 e. The first kappa shape index (κ1) is 27.9. The Bertz CT molecular complexity index is 1050. The Balaban J connectivity index is 1.55. The van der Waals surface area contributed by atoms with Gasteiger partial charge in [0.05, 0.1) is 25.7 Å². The van der Waals surface area contributed by atoms with Gasteiger partial charge < -0.3 is 24.1 Å². The van der Waals surface area contributed by atoms with E-state index >= 15 is 0 Å². The van der Waals surface area contributed by atoms with Gasteiger partial charge in [-0.25, -0.2) is 0 Å². The molecule has 208 valence electrons. The molecule has 0 aromatic heterocycles. The van der Waals surface area contributed by atoms with E-state index < -0.39 is 41.3 Å². The van der Waals surface area contributed by atoms with Gasteiger partial charge in [0.25, 0.3) is 0 Å². The first-order chi connectivity index (χ1) is 17.9. The summed E-state index contributed by atoms with van der Waals surface area (Å²) >= 11 is 0. The molecule has 2 saturated carbocycles. The van der Waals surface area contributed by atoms with Crippen molar-refractivity contribution in [1.82, 2.24) is 0 Å². The summed E-state index contributed by atoms with van der Waals surface area (Å²) in [5, 5.41) is 8.79. The van der Waals surface area contributed by atoms with Crippen molar-refractivity contribution in [2.24, 2.45) is 28.6 Å². The van der Waals surface area contributed by atoms with Crippen molar-refractivity contribution in [2.45, 2.75) is 77.4 Å². The maximum absolute atomic E-state index is 12.5. The van der Waals surface area contributed by atoms with Crippen LogP contribution in [-0.2, 0) is 42.9 Å². The fourth-order valence-corrected chi connectivity index (χ4v) is 6.87. The van der Waals surface area contributed by atoms with E-state index in [1.54, 1.807) is 6.08 Å². The molecule has 2 saturated heterocycles. The summed E-state index contributed by atoms with van der Waals surface area (Å²) in [5.74, 6) is -3.98. The smallest absolute Gasteiger partial charge is 0.316 e. The lowest BCUT2D eigenvalue weighted by Crippen LogP contribution is -2.58. The highest BCUT2D eigenvalue weighted by atomic mass is 16.6. The predicted octanol–water partition coefficient (Wildman–Crippen LogP) is 3.13. The maximum Gasteiger partial charge on any atom is 0.316 e. The molecule has 38 heavy (non-hydrogen) atoms. The largest absolute Gasteiger partial charge is 0.481 e. The molecule has 2 heterocycles. The molecule has 2 aliphatic heterocycles. The number of hydrogen-bond acceptors (Lipinski definition) is 9. The average Bonchev–Trinajstić information content (AvgIpc) is 3.21. The molecule has 0 amide bonds. The van der Waals surface area contributed by atoms with Crippen LogP contribution in [0.3, 0.4) is 0 Å². The Morgan fingerprint density at radius 2 is 1.76 bits per heavy atom. The lowest BCUT2D eigenvalue weighted by atomic mass is 9.46. The predicted molar refractivity (Wildman–Crippen MR) is 131 cm³/mol. The molecule has 0 aromatic carbocycles. The third-order valence-electron chi connectivity index (χ3n) is 8.93. The molecule has 0 spiro atoms. The molecule has 7 unspecified atom stereocenters. The van der Waals surface area contributed by atoms with E-state index in [-0.39, 0.29) is 68.2 Å². The summed E-state index contributed by atoms with van der Waals surface area (Å²) in [7, 11) is 0. The second kappa shape index (κ2) is 10.9. The fourth-order valence-electron chi connectivity index (χ4n) is 6.87. The third-order valence-corrected chi connectivity index (χ3v) is 8.93. The highest BCUT2D eigenvalue weighted by Crippen LogP contribution is 2.62. The zero-order valence-corrected chi connectivity index (χ0v) is 21.9. The maximum atomic E-state index is 12.5. The van der Waals surface area contributed by atoms with Gasteiger partial charge in [0, 0.05) is 11.3 Å². The van der Waals surface area contributed by atoms with Crippen molar-refractivity contribution in [3.05, 3.63) is 24.3 Å². The highest BCUT2D eigenvalue weighted by Gasteiger charge is 2.59. The van der Waals surface area contributed by atoms with Gasteiger partial charge in [0.2, 0.25) is 0 Å². The molecule has 0 aromatic rings. The number of rotatable bonds is 6. The molecule has 2 aliphatic carbocycles. The van der Waals surface area contributed by atoms with Gasteiger partial charge in [-0.05, 0) is 37.0 Å². The Morgan fingerprint density at radius 3 is 2.50 bits per heavy atom. The Hall–Kier alpha value is -3.17. The molecule has 7 atom stereocenters. The number of carboxylic acid groups (broad SMARTS) is 1. The quantitative estimate of drug-likeness (QED) is 0.308. The number of hydrogen-bond donors (Lipinski definition) is 1. The van der Waals surface area contributed by atoms with Crippen LogP contribution in [0.1, 0.15) is 65.2 Å². The van der Waals surface area contributed by atoms with E-state index in [1.165, 1.54) is 0 Å². The number of esters is 4. The van der Waals surface area contributed by atoms with Gasteiger partial charge in [-0.2, -0.15) is 0 Å². The van der Waals surface area contributed by atoms with E-state index in [4.69, 9.17) is 24.1 Å². The Morgan fingerprint density at radius 1 is 1.03 bits per heavy atom. The molecular formula is C28H36O10. The number of fused-ring (bicyclic) bond motifs is 3. The first-order valence-corrected chi connectivity index (χ1v) is 13.2. The van der Waals surface area contributed by atoms with Crippen molar-refractivity contribution in [3.63, 3.8) is 0 Å². The molecule has 10 heteroatoms. The van der Waals surface area contributed by atoms with Crippen molar-refractivity contribution in [2.75, 3.05) is 13.2 Å². The number of aliphatic carboxylic acids is 1. The Labute approximate surface area is 221 Å². The van der Waals surface area contributed by atoms with Crippen LogP contribution < -0.4 is 0 Å². The van der Waals surface area contributed by atoms with Gasteiger partial charge >= 0.3 is 29.8 Å². The summed E-state index contributed by atoms with van der Waals surface area (Å²) in [6.45, 7) is 8.60. The molecule has 10 nitrogen and oxygen atoms in total. The highest BCUT2D eigenvalue weighted by molar-refractivity contribution is 5.80. The monoisotopic (exact) mass is 532 g/mol. The van der Waals surface area contributed by atoms with Crippen LogP contribution in [0.15, 0.2) is 24.3 Å². The lowest BCUT2D eigenvalue weighted by molar-refractivity contribution is -0.187. The van der Waals surface area contributed by atoms with Crippen LogP contribution in [0, 0.1) is 28.6 Å². The number of allylic oxidation sites excluding steroid dienone is 2. The summed E-state index contributed by atoms with van der Waals surface area (Å²) < 4.78 is 22.0. The molecule has 4 rings (SSSR count). The van der Waals surface area contributed by atoms with E-state index in [9.17, 15) is 24.0 Å². The van der Waals surface area contributed by atoms with Gasteiger partial charge in [-0.15, -0.1) is 0 Å². The van der Waals surface area contributed by atoms with E-state index in [2.05, 4.69) is 13.5 Å².